The van der Waals surface area contributed by atoms with Crippen molar-refractivity contribution in [2.45, 2.75) is 6.04 Å². The fourth-order valence-electron chi connectivity index (χ4n) is 0.999. The number of hydrogen-bond acceptors (Lipinski definition) is 4. The average Bonchev–Trinajstić information content (AvgIpc) is 2.15. The highest BCUT2D eigenvalue weighted by atomic mass is 35.5. The maximum absolute atomic E-state index is 11.2. The first-order valence-electron chi connectivity index (χ1n) is 4.03. The van der Waals surface area contributed by atoms with Gasteiger partial charge in [-0.25, -0.2) is 9.59 Å². The zero-order chi connectivity index (χ0) is 11.4. The van der Waals surface area contributed by atoms with Crippen LogP contribution in [0, 0.1) is 0 Å². The quantitative estimate of drug-likeness (QED) is 0.582. The minimum absolute atomic E-state index is 0.440. The van der Waals surface area contributed by atoms with Gasteiger partial charge in [0.05, 0.1) is 0 Å². The maximum Gasteiger partial charge on any atom is 0.412 e. The summed E-state index contributed by atoms with van der Waals surface area (Å²) < 4.78 is 4.14. The van der Waals surface area contributed by atoms with Crippen molar-refractivity contribution in [3.63, 3.8) is 0 Å². The first-order valence-corrected chi connectivity index (χ1v) is 4.40. The third-order valence-electron chi connectivity index (χ3n) is 1.66. The number of primary amides is 1. The predicted molar refractivity (Wildman–Crippen MR) is 54.1 cm³/mol. The summed E-state index contributed by atoms with van der Waals surface area (Å²) in [4.78, 5) is 21.5. The third kappa shape index (κ3) is 3.23. The van der Waals surface area contributed by atoms with Gasteiger partial charge in [-0.15, -0.1) is 0 Å². The molecule has 0 aliphatic carbocycles. The Morgan fingerprint density at radius 3 is 2.60 bits per heavy atom. The molecule has 1 aromatic rings. The van der Waals surface area contributed by atoms with Crippen LogP contribution in [0.15, 0.2) is 24.3 Å². The molecule has 1 rings (SSSR count). The van der Waals surface area contributed by atoms with E-state index >= 15 is 0 Å². The second-order valence-electron chi connectivity index (χ2n) is 2.77. The minimum Gasteiger partial charge on any atom is -0.375 e. The molecular formula is C9H9ClN2O3. The second kappa shape index (κ2) is 4.77. The van der Waals surface area contributed by atoms with E-state index in [1.807, 2.05) is 0 Å². The van der Waals surface area contributed by atoms with Crippen LogP contribution in [0.25, 0.3) is 0 Å². The van der Waals surface area contributed by atoms with Gasteiger partial charge in [-0.3, -0.25) is 0 Å². The molecule has 6 heteroatoms. The van der Waals surface area contributed by atoms with Gasteiger partial charge in [0.1, 0.15) is 6.04 Å². The second-order valence-corrected chi connectivity index (χ2v) is 3.21. The zero-order valence-electron chi connectivity index (χ0n) is 7.64. The van der Waals surface area contributed by atoms with Crippen molar-refractivity contribution in [3.05, 3.63) is 34.9 Å². The van der Waals surface area contributed by atoms with Gasteiger partial charge in [0.15, 0.2) is 0 Å². The van der Waals surface area contributed by atoms with Crippen LogP contribution in [0.5, 0.6) is 0 Å². The van der Waals surface area contributed by atoms with E-state index < -0.39 is 18.1 Å². The number of halogens is 1. The number of carbonyl (C=O) groups is 2. The molecule has 80 valence electrons. The van der Waals surface area contributed by atoms with Gasteiger partial charge in [-0.1, -0.05) is 23.7 Å². The molecule has 1 atom stereocenters. The number of hydrogen-bond donors (Lipinski definition) is 2. The first-order chi connectivity index (χ1) is 7.00. The van der Waals surface area contributed by atoms with Crippen molar-refractivity contribution in [1.29, 1.82) is 0 Å². The van der Waals surface area contributed by atoms with Crippen molar-refractivity contribution in [1.82, 2.24) is 0 Å². The largest absolute Gasteiger partial charge is 0.412 e. The van der Waals surface area contributed by atoms with Crippen molar-refractivity contribution < 1.29 is 14.3 Å². The Hall–Kier alpha value is -1.59. The molecule has 0 aliphatic rings. The van der Waals surface area contributed by atoms with E-state index in [1.54, 1.807) is 18.2 Å². The molecule has 4 N–H and O–H groups in total. The van der Waals surface area contributed by atoms with E-state index in [1.165, 1.54) is 6.07 Å². The number of ether oxygens (including phenoxy) is 1. The van der Waals surface area contributed by atoms with E-state index in [0.29, 0.717) is 10.6 Å². The summed E-state index contributed by atoms with van der Waals surface area (Å²) >= 11 is 5.70. The molecule has 0 saturated heterocycles. The fourth-order valence-corrected chi connectivity index (χ4v) is 1.20. The van der Waals surface area contributed by atoms with Crippen molar-refractivity contribution in [2.75, 3.05) is 0 Å². The number of nitrogens with two attached hydrogens (primary N) is 2. The molecule has 15 heavy (non-hydrogen) atoms. The summed E-state index contributed by atoms with van der Waals surface area (Å²) in [6, 6.07) is 5.30. The van der Waals surface area contributed by atoms with Crippen LogP contribution in [-0.2, 0) is 9.53 Å². The molecule has 0 spiro atoms. The highest BCUT2D eigenvalue weighted by Crippen LogP contribution is 2.16. The van der Waals surface area contributed by atoms with Gasteiger partial charge >= 0.3 is 12.1 Å². The Bertz CT molecular complexity index is 395. The Balaban J connectivity index is 2.80. The van der Waals surface area contributed by atoms with Crippen LogP contribution < -0.4 is 11.5 Å². The van der Waals surface area contributed by atoms with Gasteiger partial charge in [-0.2, -0.15) is 0 Å². The van der Waals surface area contributed by atoms with Crippen molar-refractivity contribution in [2.24, 2.45) is 11.5 Å². The lowest BCUT2D eigenvalue weighted by molar-refractivity contribution is -0.138. The summed E-state index contributed by atoms with van der Waals surface area (Å²) in [5.74, 6) is -0.912. The maximum atomic E-state index is 11.2. The summed E-state index contributed by atoms with van der Waals surface area (Å²) in [7, 11) is 0. The van der Waals surface area contributed by atoms with E-state index in [-0.39, 0.29) is 0 Å². The smallest absolute Gasteiger partial charge is 0.375 e. The molecular weight excluding hydrogens is 220 g/mol. The van der Waals surface area contributed by atoms with Gasteiger partial charge in [0.25, 0.3) is 0 Å². The number of esters is 1. The number of amides is 1. The molecule has 0 aromatic heterocycles. The normalized spacial score (nSPS) is 11.9. The monoisotopic (exact) mass is 228 g/mol. The van der Waals surface area contributed by atoms with Crippen LogP contribution in [0.1, 0.15) is 11.6 Å². The third-order valence-corrected chi connectivity index (χ3v) is 1.90. The summed E-state index contributed by atoms with van der Waals surface area (Å²) in [6.07, 6.45) is -1.18. The van der Waals surface area contributed by atoms with Crippen LogP contribution in [0.3, 0.4) is 0 Å². The van der Waals surface area contributed by atoms with Gasteiger partial charge in [0, 0.05) is 5.02 Å². The van der Waals surface area contributed by atoms with E-state index in [2.05, 4.69) is 10.5 Å². The summed E-state index contributed by atoms with van der Waals surface area (Å²) in [6.45, 7) is 0. The zero-order valence-corrected chi connectivity index (χ0v) is 8.40. The molecule has 1 aromatic carbocycles. The highest BCUT2D eigenvalue weighted by Gasteiger charge is 2.19. The van der Waals surface area contributed by atoms with Crippen LogP contribution in [0.2, 0.25) is 5.02 Å². The lowest BCUT2D eigenvalue weighted by atomic mass is 10.1. The number of benzene rings is 1. The number of rotatable bonds is 2. The van der Waals surface area contributed by atoms with Crippen molar-refractivity contribution in [3.8, 4) is 0 Å². The van der Waals surface area contributed by atoms with E-state index in [9.17, 15) is 9.59 Å². The summed E-state index contributed by atoms with van der Waals surface area (Å²) in [5, 5.41) is 0.440. The molecule has 0 heterocycles. The Labute approximate surface area is 90.9 Å². The fraction of sp³-hybridized carbons (Fsp3) is 0.111. The SMILES string of the molecule is NC(=O)OC(=O)C(N)c1cccc(Cl)c1. The molecule has 0 aliphatic heterocycles. The lowest BCUT2D eigenvalue weighted by Crippen LogP contribution is -2.28. The van der Waals surface area contributed by atoms with E-state index in [0.717, 1.165) is 0 Å². The molecule has 0 fully saturated rings. The van der Waals surface area contributed by atoms with Gasteiger partial charge in [-0.05, 0) is 17.7 Å². The van der Waals surface area contributed by atoms with Crippen LogP contribution in [-0.4, -0.2) is 12.1 Å². The van der Waals surface area contributed by atoms with Gasteiger partial charge < -0.3 is 16.2 Å². The molecule has 1 amide bonds. The number of carbonyl (C=O) groups excluding carboxylic acids is 2. The van der Waals surface area contributed by atoms with E-state index in [4.69, 9.17) is 17.3 Å². The van der Waals surface area contributed by atoms with Gasteiger partial charge in [0.2, 0.25) is 0 Å². The molecule has 5 nitrogen and oxygen atoms in total. The lowest BCUT2D eigenvalue weighted by Gasteiger charge is -2.09. The standard InChI is InChI=1S/C9H9ClN2O3/c10-6-3-1-2-5(4-6)7(11)8(13)15-9(12)14/h1-4,7H,11H2,(H2,12,14). The highest BCUT2D eigenvalue weighted by molar-refractivity contribution is 6.30. The molecule has 0 saturated carbocycles. The Morgan fingerprint density at radius 2 is 2.07 bits per heavy atom. The average molecular weight is 229 g/mol. The molecule has 0 radical (unpaired) electrons. The van der Waals surface area contributed by atoms with Crippen LogP contribution in [0.4, 0.5) is 4.79 Å². The Kier molecular flexibility index (Phi) is 3.65. The minimum atomic E-state index is -1.18. The summed E-state index contributed by atoms with van der Waals surface area (Å²) in [5.41, 5.74) is 10.6. The van der Waals surface area contributed by atoms with Crippen LogP contribution >= 0.6 is 11.6 Å². The van der Waals surface area contributed by atoms with Crippen molar-refractivity contribution >= 4 is 23.7 Å². The molecule has 1 unspecified atom stereocenters. The molecule has 0 bridgehead atoms. The Morgan fingerprint density at radius 1 is 1.40 bits per heavy atom. The first kappa shape index (κ1) is 11.5. The topological polar surface area (TPSA) is 95.4 Å². The predicted octanol–water partition coefficient (Wildman–Crippen LogP) is 0.962.